The van der Waals surface area contributed by atoms with E-state index in [1.165, 1.54) is 11.8 Å². The van der Waals surface area contributed by atoms with Gasteiger partial charge in [-0.15, -0.1) is 28.1 Å². The number of fused-ring (bicyclic) bond motifs is 1. The van der Waals surface area contributed by atoms with E-state index in [4.69, 9.17) is 9.47 Å². The van der Waals surface area contributed by atoms with Crippen LogP contribution in [0.3, 0.4) is 0 Å². The van der Waals surface area contributed by atoms with E-state index in [0.29, 0.717) is 43.0 Å². The van der Waals surface area contributed by atoms with Crippen molar-refractivity contribution in [1.82, 2.24) is 14.8 Å². The van der Waals surface area contributed by atoms with Crippen LogP contribution in [0.2, 0.25) is 0 Å². The molecule has 0 bridgehead atoms. The van der Waals surface area contributed by atoms with Crippen molar-refractivity contribution in [2.75, 3.05) is 23.9 Å². The second-order valence-electron chi connectivity index (χ2n) is 6.60. The molecule has 0 saturated heterocycles. The number of aryl methyl sites for hydroxylation is 1. The molecule has 1 aliphatic rings. The summed E-state index contributed by atoms with van der Waals surface area (Å²) in [6, 6.07) is 9.64. The van der Waals surface area contributed by atoms with Gasteiger partial charge < -0.3 is 18.9 Å². The number of rotatable bonds is 8. The minimum atomic E-state index is -0.0177. The lowest BCUT2D eigenvalue weighted by molar-refractivity contribution is -0.116. The Bertz CT molecular complexity index is 1030. The normalized spacial score (nSPS) is 12.6. The van der Waals surface area contributed by atoms with Crippen LogP contribution in [-0.4, -0.2) is 39.6 Å². The molecule has 0 aliphatic carbocycles. The predicted molar refractivity (Wildman–Crippen MR) is 119 cm³/mol. The van der Waals surface area contributed by atoms with E-state index < -0.39 is 0 Å². The number of nitrogens with zero attached hydrogens (tertiary/aromatic N) is 4. The molecule has 156 valence electrons. The summed E-state index contributed by atoms with van der Waals surface area (Å²) in [5.41, 5.74) is 0.780. The first kappa shape index (κ1) is 20.5. The molecule has 0 N–H and O–H groups in total. The van der Waals surface area contributed by atoms with Crippen LogP contribution in [0.1, 0.15) is 10.7 Å². The van der Waals surface area contributed by atoms with Crippen molar-refractivity contribution in [2.45, 2.75) is 25.2 Å². The first-order valence-corrected chi connectivity index (χ1v) is 11.4. The maximum Gasteiger partial charge on any atom is 0.237 e. The Labute approximate surface area is 183 Å². The molecule has 9 heteroatoms. The highest BCUT2D eigenvalue weighted by molar-refractivity contribution is 7.99. The molecule has 1 aromatic carbocycles. The SMILES string of the molecule is C=CCn1c(C)nnc1SCC(=O)N(Cc1cccs1)c1ccc2c(c1)OCCO2. The van der Waals surface area contributed by atoms with Crippen LogP contribution in [0.15, 0.2) is 53.5 Å². The molecule has 0 radical (unpaired) electrons. The summed E-state index contributed by atoms with van der Waals surface area (Å²) in [5.74, 6) is 2.39. The molecule has 4 rings (SSSR count). The fourth-order valence-electron chi connectivity index (χ4n) is 3.09. The number of thiophene rings is 1. The fraction of sp³-hybridized carbons (Fsp3) is 0.286. The summed E-state index contributed by atoms with van der Waals surface area (Å²) in [5, 5.41) is 11.0. The molecule has 0 spiro atoms. The predicted octanol–water partition coefficient (Wildman–Crippen LogP) is 3.93. The lowest BCUT2D eigenvalue weighted by Crippen LogP contribution is -2.32. The second-order valence-corrected chi connectivity index (χ2v) is 8.58. The number of benzene rings is 1. The average Bonchev–Trinajstić information content (AvgIpc) is 3.40. The van der Waals surface area contributed by atoms with Gasteiger partial charge in [-0.05, 0) is 30.5 Å². The molecule has 3 aromatic rings. The van der Waals surface area contributed by atoms with Crippen LogP contribution in [0.4, 0.5) is 5.69 Å². The van der Waals surface area contributed by atoms with Gasteiger partial charge in [-0.1, -0.05) is 23.9 Å². The fourth-order valence-corrected chi connectivity index (χ4v) is 4.66. The summed E-state index contributed by atoms with van der Waals surface area (Å²) in [7, 11) is 0. The monoisotopic (exact) mass is 442 g/mol. The van der Waals surface area contributed by atoms with Gasteiger partial charge in [0.15, 0.2) is 16.7 Å². The lowest BCUT2D eigenvalue weighted by atomic mass is 10.2. The maximum atomic E-state index is 13.2. The zero-order chi connectivity index (χ0) is 20.9. The highest BCUT2D eigenvalue weighted by Crippen LogP contribution is 2.35. The quantitative estimate of drug-likeness (QED) is 0.389. The van der Waals surface area contributed by atoms with Gasteiger partial charge >= 0.3 is 0 Å². The number of anilines is 1. The smallest absolute Gasteiger partial charge is 0.237 e. The Kier molecular flexibility index (Phi) is 6.39. The van der Waals surface area contributed by atoms with Crippen molar-refractivity contribution in [3.8, 4) is 11.5 Å². The molecule has 0 saturated carbocycles. The standard InChI is InChI=1S/C21H22N4O3S2/c1-3-8-24-15(2)22-23-21(24)30-14-20(26)25(13-17-5-4-11-29-17)16-6-7-18-19(12-16)28-10-9-27-18/h3-7,11-12H,1,8-10,13-14H2,2H3. The molecule has 3 heterocycles. The molecule has 0 atom stereocenters. The maximum absolute atomic E-state index is 13.2. The van der Waals surface area contributed by atoms with Crippen molar-refractivity contribution in [3.05, 3.63) is 59.1 Å². The lowest BCUT2D eigenvalue weighted by Gasteiger charge is -2.25. The molecule has 1 aliphatic heterocycles. The molecule has 0 unspecified atom stereocenters. The zero-order valence-electron chi connectivity index (χ0n) is 16.6. The summed E-state index contributed by atoms with van der Waals surface area (Å²) in [6.45, 7) is 7.81. The number of allylic oxidation sites excluding steroid dienone is 1. The van der Waals surface area contributed by atoms with Crippen molar-refractivity contribution >= 4 is 34.7 Å². The molecule has 7 nitrogen and oxygen atoms in total. The molecule has 0 fully saturated rings. The van der Waals surface area contributed by atoms with E-state index in [0.717, 1.165) is 16.4 Å². The molecule has 1 amide bonds. The average molecular weight is 443 g/mol. The van der Waals surface area contributed by atoms with Gasteiger partial charge in [-0.25, -0.2) is 0 Å². The topological polar surface area (TPSA) is 69.5 Å². The van der Waals surface area contributed by atoms with E-state index in [1.54, 1.807) is 22.3 Å². The Balaban J connectivity index is 1.55. The van der Waals surface area contributed by atoms with Gasteiger partial charge in [0.25, 0.3) is 0 Å². The molecule has 2 aromatic heterocycles. The van der Waals surface area contributed by atoms with Crippen LogP contribution in [0.25, 0.3) is 0 Å². The minimum Gasteiger partial charge on any atom is -0.486 e. The van der Waals surface area contributed by atoms with Crippen molar-refractivity contribution in [2.24, 2.45) is 0 Å². The molecular weight excluding hydrogens is 420 g/mol. The van der Waals surface area contributed by atoms with E-state index in [2.05, 4.69) is 16.8 Å². The van der Waals surface area contributed by atoms with Gasteiger partial charge in [-0.3, -0.25) is 4.79 Å². The number of thioether (sulfide) groups is 1. The number of hydrogen-bond donors (Lipinski definition) is 0. The van der Waals surface area contributed by atoms with Crippen LogP contribution in [0.5, 0.6) is 11.5 Å². The summed E-state index contributed by atoms with van der Waals surface area (Å²) in [4.78, 5) is 16.1. The Hall–Kier alpha value is -2.78. The minimum absolute atomic E-state index is 0.0177. The molecular formula is C21H22N4O3S2. The summed E-state index contributed by atoms with van der Waals surface area (Å²) >= 11 is 3.00. The van der Waals surface area contributed by atoms with Gasteiger partial charge in [0.1, 0.15) is 19.0 Å². The number of amides is 1. The summed E-state index contributed by atoms with van der Waals surface area (Å²) < 4.78 is 13.3. The van der Waals surface area contributed by atoms with E-state index in [1.807, 2.05) is 47.2 Å². The number of carbonyl (C=O) groups excluding carboxylic acids is 1. The third-order valence-electron chi connectivity index (χ3n) is 4.57. The van der Waals surface area contributed by atoms with Crippen LogP contribution in [-0.2, 0) is 17.9 Å². The Morgan fingerprint density at radius 1 is 1.30 bits per heavy atom. The van der Waals surface area contributed by atoms with E-state index in [-0.39, 0.29) is 11.7 Å². The third kappa shape index (κ3) is 4.52. The van der Waals surface area contributed by atoms with Crippen LogP contribution in [0, 0.1) is 6.92 Å². The van der Waals surface area contributed by atoms with Crippen molar-refractivity contribution in [1.29, 1.82) is 0 Å². The highest BCUT2D eigenvalue weighted by Gasteiger charge is 2.21. The van der Waals surface area contributed by atoms with Gasteiger partial charge in [0, 0.05) is 23.2 Å². The zero-order valence-corrected chi connectivity index (χ0v) is 18.2. The second kappa shape index (κ2) is 9.36. The van der Waals surface area contributed by atoms with E-state index >= 15 is 0 Å². The summed E-state index contributed by atoms with van der Waals surface area (Å²) in [6.07, 6.45) is 1.79. The van der Waals surface area contributed by atoms with Crippen LogP contribution < -0.4 is 14.4 Å². The van der Waals surface area contributed by atoms with Crippen molar-refractivity contribution in [3.63, 3.8) is 0 Å². The Morgan fingerprint density at radius 3 is 2.90 bits per heavy atom. The first-order chi connectivity index (χ1) is 14.7. The van der Waals surface area contributed by atoms with Gasteiger partial charge in [-0.2, -0.15) is 0 Å². The van der Waals surface area contributed by atoms with Crippen molar-refractivity contribution < 1.29 is 14.3 Å². The van der Waals surface area contributed by atoms with E-state index in [9.17, 15) is 4.79 Å². The number of aromatic nitrogens is 3. The van der Waals surface area contributed by atoms with Crippen LogP contribution >= 0.6 is 23.1 Å². The number of hydrogen-bond acceptors (Lipinski definition) is 7. The molecule has 30 heavy (non-hydrogen) atoms. The largest absolute Gasteiger partial charge is 0.486 e. The van der Waals surface area contributed by atoms with Gasteiger partial charge in [0.05, 0.1) is 12.3 Å². The van der Waals surface area contributed by atoms with Gasteiger partial charge in [0.2, 0.25) is 5.91 Å². The Morgan fingerprint density at radius 2 is 2.13 bits per heavy atom. The first-order valence-electron chi connectivity index (χ1n) is 9.51. The highest BCUT2D eigenvalue weighted by atomic mass is 32.2. The number of carbonyl (C=O) groups is 1. The number of ether oxygens (including phenoxy) is 2. The third-order valence-corrected chi connectivity index (χ3v) is 6.38.